The summed E-state index contributed by atoms with van der Waals surface area (Å²) in [6, 6.07) is 0.715. The van der Waals surface area contributed by atoms with E-state index in [1.165, 1.54) is 41.5 Å². The van der Waals surface area contributed by atoms with Crippen LogP contribution < -0.4 is 0 Å². The highest BCUT2D eigenvalue weighted by Crippen LogP contribution is 2.39. The van der Waals surface area contributed by atoms with Crippen LogP contribution in [0.5, 0.6) is 0 Å². The van der Waals surface area contributed by atoms with E-state index in [0.717, 1.165) is 29.1 Å². The number of thiophene rings is 1. The van der Waals surface area contributed by atoms with Gasteiger partial charge in [-0.3, -0.25) is 4.79 Å². The lowest BCUT2D eigenvalue weighted by Crippen LogP contribution is -2.48. The maximum Gasteiger partial charge on any atom is 0.233 e. The fourth-order valence-electron chi connectivity index (χ4n) is 4.29. The fourth-order valence-corrected chi connectivity index (χ4v) is 6.48. The van der Waals surface area contributed by atoms with E-state index in [1.807, 2.05) is 11.3 Å². The standard InChI is InChI=1S/C19H25N3OS2/c1-12-6-5-7-13(2)22(12)16(23)10-24-18-17-14-8-3-4-9-15(14)25-19(17)21-11-20-18/h11-13H,3-10H2,1-2H3/t12-,13+. The van der Waals surface area contributed by atoms with E-state index in [1.54, 1.807) is 18.1 Å². The molecule has 1 aliphatic carbocycles. The van der Waals surface area contributed by atoms with Gasteiger partial charge in [-0.15, -0.1) is 11.3 Å². The number of likely N-dealkylation sites (tertiary alicyclic amines) is 1. The van der Waals surface area contributed by atoms with Crippen LogP contribution in [-0.4, -0.2) is 38.6 Å². The van der Waals surface area contributed by atoms with Crippen LogP contribution in [0.4, 0.5) is 0 Å². The molecule has 2 aliphatic rings. The number of carbonyl (C=O) groups is 1. The quantitative estimate of drug-likeness (QED) is 0.587. The Balaban J connectivity index is 1.55. The molecule has 0 aromatic carbocycles. The molecule has 4 nitrogen and oxygen atoms in total. The molecule has 0 spiro atoms. The first-order valence-corrected chi connectivity index (χ1v) is 11.1. The third-order valence-electron chi connectivity index (χ3n) is 5.53. The zero-order valence-corrected chi connectivity index (χ0v) is 16.6. The lowest BCUT2D eigenvalue weighted by Gasteiger charge is -2.39. The number of rotatable bonds is 3. The molecule has 0 N–H and O–H groups in total. The summed E-state index contributed by atoms with van der Waals surface area (Å²) < 4.78 is 0. The molecule has 0 saturated carbocycles. The SMILES string of the molecule is C[C@@H]1CCC[C@H](C)N1C(=O)CSc1ncnc2sc3c(c12)CCCC3. The van der Waals surface area contributed by atoms with E-state index in [9.17, 15) is 4.79 Å². The van der Waals surface area contributed by atoms with E-state index in [0.29, 0.717) is 17.8 Å². The number of hydrogen-bond donors (Lipinski definition) is 0. The Morgan fingerprint density at radius 1 is 1.20 bits per heavy atom. The molecule has 1 amide bonds. The normalized spacial score (nSPS) is 23.7. The first kappa shape index (κ1) is 17.3. The Kier molecular flexibility index (Phi) is 5.00. The number of carbonyl (C=O) groups excluding carboxylic acids is 1. The molecule has 6 heteroatoms. The number of amides is 1. The average Bonchev–Trinajstić information content (AvgIpc) is 2.99. The maximum absolute atomic E-state index is 12.8. The number of thioether (sulfide) groups is 1. The van der Waals surface area contributed by atoms with Gasteiger partial charge in [-0.2, -0.15) is 0 Å². The largest absolute Gasteiger partial charge is 0.337 e. The molecule has 25 heavy (non-hydrogen) atoms. The lowest BCUT2D eigenvalue weighted by molar-refractivity contribution is -0.134. The highest BCUT2D eigenvalue weighted by molar-refractivity contribution is 8.00. The molecule has 0 radical (unpaired) electrons. The second kappa shape index (κ2) is 7.23. The predicted octanol–water partition coefficient (Wildman–Crippen LogP) is 4.45. The van der Waals surface area contributed by atoms with Gasteiger partial charge in [0.05, 0.1) is 5.75 Å². The minimum absolute atomic E-state index is 0.251. The summed E-state index contributed by atoms with van der Waals surface area (Å²) in [6.45, 7) is 4.35. The van der Waals surface area contributed by atoms with Crippen molar-refractivity contribution in [2.24, 2.45) is 0 Å². The molecule has 4 rings (SSSR count). The summed E-state index contributed by atoms with van der Waals surface area (Å²) in [5, 5.41) is 2.22. The van der Waals surface area contributed by atoms with Crippen molar-refractivity contribution in [3.05, 3.63) is 16.8 Å². The molecule has 3 heterocycles. The lowest BCUT2D eigenvalue weighted by atomic mass is 9.97. The average molecular weight is 376 g/mol. The van der Waals surface area contributed by atoms with Crippen LogP contribution in [0, 0.1) is 0 Å². The van der Waals surface area contributed by atoms with E-state index in [2.05, 4.69) is 28.7 Å². The summed E-state index contributed by atoms with van der Waals surface area (Å²) in [5.74, 6) is 0.728. The smallest absolute Gasteiger partial charge is 0.233 e. The number of piperidine rings is 1. The van der Waals surface area contributed by atoms with Crippen LogP contribution in [0.3, 0.4) is 0 Å². The van der Waals surface area contributed by atoms with Gasteiger partial charge in [0, 0.05) is 22.3 Å². The summed E-state index contributed by atoms with van der Waals surface area (Å²) in [6.07, 6.45) is 9.95. The van der Waals surface area contributed by atoms with E-state index in [-0.39, 0.29) is 5.91 Å². The van der Waals surface area contributed by atoms with Gasteiger partial charge in [-0.05, 0) is 64.4 Å². The number of fused-ring (bicyclic) bond motifs is 3. The highest BCUT2D eigenvalue weighted by Gasteiger charge is 2.29. The van der Waals surface area contributed by atoms with Crippen molar-refractivity contribution >= 4 is 39.2 Å². The highest BCUT2D eigenvalue weighted by atomic mass is 32.2. The second-order valence-corrected chi connectivity index (χ2v) is 9.34. The summed E-state index contributed by atoms with van der Waals surface area (Å²) >= 11 is 3.41. The van der Waals surface area contributed by atoms with Gasteiger partial charge in [-0.25, -0.2) is 9.97 Å². The van der Waals surface area contributed by atoms with Crippen LogP contribution in [0.2, 0.25) is 0 Å². The van der Waals surface area contributed by atoms with E-state index in [4.69, 9.17) is 0 Å². The van der Waals surface area contributed by atoms with Crippen molar-refractivity contribution < 1.29 is 4.79 Å². The Labute approximate surface area is 157 Å². The Morgan fingerprint density at radius 2 is 1.96 bits per heavy atom. The molecular formula is C19H25N3OS2. The third kappa shape index (κ3) is 3.31. The Bertz CT molecular complexity index is 778. The molecule has 1 fully saturated rings. The summed E-state index contributed by atoms with van der Waals surface area (Å²) in [7, 11) is 0. The molecule has 0 unspecified atom stereocenters. The van der Waals surface area contributed by atoms with Crippen LogP contribution >= 0.6 is 23.1 Å². The molecule has 134 valence electrons. The van der Waals surface area contributed by atoms with Gasteiger partial charge in [-0.1, -0.05) is 11.8 Å². The molecular weight excluding hydrogens is 350 g/mol. The molecule has 1 aliphatic heterocycles. The van der Waals surface area contributed by atoms with Crippen LogP contribution in [0.25, 0.3) is 10.2 Å². The number of aryl methyl sites for hydroxylation is 2. The van der Waals surface area contributed by atoms with Crippen molar-refractivity contribution in [2.75, 3.05) is 5.75 Å². The third-order valence-corrected chi connectivity index (χ3v) is 7.70. The predicted molar refractivity (Wildman–Crippen MR) is 104 cm³/mol. The van der Waals surface area contributed by atoms with Crippen molar-refractivity contribution in [3.63, 3.8) is 0 Å². The summed E-state index contributed by atoms with van der Waals surface area (Å²) in [4.78, 5) is 26.5. The first-order valence-electron chi connectivity index (χ1n) is 9.34. The first-order chi connectivity index (χ1) is 12.1. The molecule has 2 aromatic heterocycles. The molecule has 1 saturated heterocycles. The van der Waals surface area contributed by atoms with Crippen molar-refractivity contribution in [2.45, 2.75) is 75.9 Å². The van der Waals surface area contributed by atoms with Crippen molar-refractivity contribution in [1.29, 1.82) is 0 Å². The Hall–Kier alpha value is -1.14. The minimum atomic E-state index is 0.251. The zero-order valence-electron chi connectivity index (χ0n) is 15.0. The molecule has 2 aromatic rings. The minimum Gasteiger partial charge on any atom is -0.337 e. The second-order valence-electron chi connectivity index (χ2n) is 7.29. The van der Waals surface area contributed by atoms with Gasteiger partial charge in [0.25, 0.3) is 0 Å². The van der Waals surface area contributed by atoms with Crippen LogP contribution in [0.1, 0.15) is 56.4 Å². The summed E-state index contributed by atoms with van der Waals surface area (Å²) in [5.41, 5.74) is 1.45. The van der Waals surface area contributed by atoms with Gasteiger partial charge < -0.3 is 4.90 Å². The van der Waals surface area contributed by atoms with E-state index < -0.39 is 0 Å². The van der Waals surface area contributed by atoms with Gasteiger partial charge >= 0.3 is 0 Å². The molecule has 2 atom stereocenters. The number of nitrogens with zero attached hydrogens (tertiary/aromatic N) is 3. The number of hydrogen-bond acceptors (Lipinski definition) is 5. The Morgan fingerprint density at radius 3 is 2.76 bits per heavy atom. The van der Waals surface area contributed by atoms with Crippen molar-refractivity contribution in [1.82, 2.24) is 14.9 Å². The maximum atomic E-state index is 12.8. The topological polar surface area (TPSA) is 46.1 Å². The fraction of sp³-hybridized carbons (Fsp3) is 0.632. The monoisotopic (exact) mass is 375 g/mol. The van der Waals surface area contributed by atoms with Crippen LogP contribution in [-0.2, 0) is 17.6 Å². The number of aromatic nitrogens is 2. The molecule has 0 bridgehead atoms. The van der Waals surface area contributed by atoms with Crippen molar-refractivity contribution in [3.8, 4) is 0 Å². The van der Waals surface area contributed by atoms with Crippen LogP contribution in [0.15, 0.2) is 11.4 Å². The van der Waals surface area contributed by atoms with E-state index >= 15 is 0 Å². The van der Waals surface area contributed by atoms with Gasteiger partial charge in [0.1, 0.15) is 16.2 Å². The van der Waals surface area contributed by atoms with Gasteiger partial charge in [0.2, 0.25) is 5.91 Å². The van der Waals surface area contributed by atoms with Gasteiger partial charge in [0.15, 0.2) is 0 Å². The zero-order chi connectivity index (χ0) is 17.4.